The highest BCUT2D eigenvalue weighted by molar-refractivity contribution is 5.81. The van der Waals surface area contributed by atoms with E-state index in [-0.39, 0.29) is 18.4 Å². The topological polar surface area (TPSA) is 76.1 Å². The molecule has 1 amide bonds. The molecule has 2 fully saturated rings. The van der Waals surface area contributed by atoms with Gasteiger partial charge in [-0.3, -0.25) is 9.59 Å². The van der Waals surface area contributed by atoms with Gasteiger partial charge in [0, 0.05) is 19.0 Å². The zero-order valence-corrected chi connectivity index (χ0v) is 11.0. The first-order valence-electron chi connectivity index (χ1n) is 6.90. The van der Waals surface area contributed by atoms with Gasteiger partial charge in [0.15, 0.2) is 6.10 Å². The van der Waals surface area contributed by atoms with Gasteiger partial charge in [-0.05, 0) is 25.7 Å². The van der Waals surface area contributed by atoms with Crippen LogP contribution in [0.15, 0.2) is 0 Å². The van der Waals surface area contributed by atoms with Crippen molar-refractivity contribution < 1.29 is 24.2 Å². The van der Waals surface area contributed by atoms with Crippen LogP contribution in [0.1, 0.15) is 32.1 Å². The highest BCUT2D eigenvalue weighted by atomic mass is 16.6. The standard InChI is InChI=1S/C13H21NO5/c15-12(16)5-4-10-3-1-2-6-14(10)13(17)11-9-18-7-8-19-11/h10-11H,1-9H2,(H,15,16)/t10-,11-/m1/s1. The van der Waals surface area contributed by atoms with Crippen molar-refractivity contribution >= 4 is 11.9 Å². The first kappa shape index (κ1) is 14.3. The molecule has 19 heavy (non-hydrogen) atoms. The highest BCUT2D eigenvalue weighted by Crippen LogP contribution is 2.22. The lowest BCUT2D eigenvalue weighted by Gasteiger charge is -2.38. The Kier molecular flexibility index (Phi) is 5.15. The third-order valence-corrected chi connectivity index (χ3v) is 3.69. The van der Waals surface area contributed by atoms with E-state index < -0.39 is 12.1 Å². The van der Waals surface area contributed by atoms with E-state index in [0.717, 1.165) is 19.3 Å². The molecule has 2 aliphatic rings. The van der Waals surface area contributed by atoms with E-state index in [2.05, 4.69) is 0 Å². The molecule has 108 valence electrons. The average molecular weight is 271 g/mol. The number of carboxylic acids is 1. The molecule has 0 aliphatic carbocycles. The fraction of sp³-hybridized carbons (Fsp3) is 0.846. The predicted octanol–water partition coefficient (Wildman–Crippen LogP) is 0.648. The second-order valence-electron chi connectivity index (χ2n) is 5.05. The zero-order chi connectivity index (χ0) is 13.7. The summed E-state index contributed by atoms with van der Waals surface area (Å²) < 4.78 is 10.7. The van der Waals surface area contributed by atoms with Crippen molar-refractivity contribution in [2.75, 3.05) is 26.4 Å². The largest absolute Gasteiger partial charge is 0.481 e. The highest BCUT2D eigenvalue weighted by Gasteiger charge is 2.33. The molecule has 0 radical (unpaired) electrons. The van der Waals surface area contributed by atoms with Crippen LogP contribution in [-0.2, 0) is 19.1 Å². The van der Waals surface area contributed by atoms with E-state index in [0.29, 0.717) is 32.8 Å². The van der Waals surface area contributed by atoms with E-state index in [1.165, 1.54) is 0 Å². The molecule has 0 aromatic carbocycles. The van der Waals surface area contributed by atoms with Crippen molar-refractivity contribution in [2.45, 2.75) is 44.2 Å². The van der Waals surface area contributed by atoms with Crippen molar-refractivity contribution in [1.82, 2.24) is 4.90 Å². The Morgan fingerprint density at radius 1 is 1.26 bits per heavy atom. The number of carbonyl (C=O) groups is 2. The quantitative estimate of drug-likeness (QED) is 0.812. The summed E-state index contributed by atoms with van der Waals surface area (Å²) >= 11 is 0. The van der Waals surface area contributed by atoms with Crippen LogP contribution in [0, 0.1) is 0 Å². The van der Waals surface area contributed by atoms with Crippen molar-refractivity contribution in [1.29, 1.82) is 0 Å². The van der Waals surface area contributed by atoms with E-state index in [1.54, 1.807) is 4.90 Å². The van der Waals surface area contributed by atoms with Gasteiger partial charge in [-0.2, -0.15) is 0 Å². The summed E-state index contributed by atoms with van der Waals surface area (Å²) in [5.41, 5.74) is 0. The number of hydrogen-bond donors (Lipinski definition) is 1. The van der Waals surface area contributed by atoms with Gasteiger partial charge in [-0.1, -0.05) is 0 Å². The second-order valence-corrected chi connectivity index (χ2v) is 5.05. The maximum Gasteiger partial charge on any atom is 0.303 e. The molecule has 0 unspecified atom stereocenters. The van der Waals surface area contributed by atoms with Crippen molar-refractivity contribution in [3.8, 4) is 0 Å². The van der Waals surface area contributed by atoms with Crippen molar-refractivity contribution in [2.24, 2.45) is 0 Å². The van der Waals surface area contributed by atoms with Crippen LogP contribution in [0.3, 0.4) is 0 Å². The number of piperidine rings is 1. The third kappa shape index (κ3) is 3.91. The first-order chi connectivity index (χ1) is 9.18. The Morgan fingerprint density at radius 2 is 2.11 bits per heavy atom. The maximum absolute atomic E-state index is 12.4. The number of carboxylic acid groups (broad SMARTS) is 1. The molecule has 1 N–H and O–H groups in total. The summed E-state index contributed by atoms with van der Waals surface area (Å²) in [5.74, 6) is -0.856. The molecule has 0 aromatic rings. The number of hydrogen-bond acceptors (Lipinski definition) is 4. The van der Waals surface area contributed by atoms with Gasteiger partial charge < -0.3 is 19.5 Å². The molecule has 0 spiro atoms. The van der Waals surface area contributed by atoms with Crippen molar-refractivity contribution in [3.63, 3.8) is 0 Å². The van der Waals surface area contributed by atoms with E-state index >= 15 is 0 Å². The molecule has 0 bridgehead atoms. The van der Waals surface area contributed by atoms with Crippen LogP contribution in [0.25, 0.3) is 0 Å². The van der Waals surface area contributed by atoms with Gasteiger partial charge in [0.1, 0.15) is 0 Å². The summed E-state index contributed by atoms with van der Waals surface area (Å²) in [6.07, 6.45) is 3.02. The third-order valence-electron chi connectivity index (χ3n) is 3.69. The predicted molar refractivity (Wildman–Crippen MR) is 66.8 cm³/mol. The monoisotopic (exact) mass is 271 g/mol. The van der Waals surface area contributed by atoms with Crippen LogP contribution in [-0.4, -0.2) is 60.4 Å². The molecule has 0 saturated carbocycles. The maximum atomic E-state index is 12.4. The Balaban J connectivity index is 1.93. The molecule has 2 heterocycles. The summed E-state index contributed by atoms with van der Waals surface area (Å²) in [6, 6.07) is 0.0304. The van der Waals surface area contributed by atoms with Gasteiger partial charge in [0.2, 0.25) is 0 Å². The minimum atomic E-state index is -0.810. The van der Waals surface area contributed by atoms with Crippen LogP contribution >= 0.6 is 0 Å². The zero-order valence-electron chi connectivity index (χ0n) is 11.0. The number of rotatable bonds is 4. The summed E-state index contributed by atoms with van der Waals surface area (Å²) in [5, 5.41) is 8.77. The fourth-order valence-corrected chi connectivity index (χ4v) is 2.70. The van der Waals surface area contributed by atoms with E-state index in [4.69, 9.17) is 14.6 Å². The summed E-state index contributed by atoms with van der Waals surface area (Å²) in [4.78, 5) is 24.9. The second kappa shape index (κ2) is 6.86. The Bertz CT molecular complexity index is 327. The minimum Gasteiger partial charge on any atom is -0.481 e. The fourth-order valence-electron chi connectivity index (χ4n) is 2.70. The van der Waals surface area contributed by atoms with E-state index in [1.807, 2.05) is 0 Å². The summed E-state index contributed by atoms with van der Waals surface area (Å²) in [7, 11) is 0. The van der Waals surface area contributed by atoms with Gasteiger partial charge in [-0.15, -0.1) is 0 Å². The molecule has 2 aliphatic heterocycles. The van der Waals surface area contributed by atoms with Gasteiger partial charge >= 0.3 is 5.97 Å². The lowest BCUT2D eigenvalue weighted by Crippen LogP contribution is -2.51. The molecule has 2 atom stereocenters. The molecular formula is C13H21NO5. The first-order valence-corrected chi connectivity index (χ1v) is 6.90. The van der Waals surface area contributed by atoms with Crippen LogP contribution in [0.5, 0.6) is 0 Å². The number of aliphatic carboxylic acids is 1. The van der Waals surface area contributed by atoms with Gasteiger partial charge in [-0.25, -0.2) is 0 Å². The Labute approximate surface area is 112 Å². The SMILES string of the molecule is O=C(O)CC[C@H]1CCCCN1C(=O)[C@H]1COCCO1. The summed E-state index contributed by atoms with van der Waals surface area (Å²) in [6.45, 7) is 1.99. The molecule has 2 rings (SSSR count). The minimum absolute atomic E-state index is 0.0304. The number of likely N-dealkylation sites (tertiary alicyclic amines) is 1. The molecule has 2 saturated heterocycles. The smallest absolute Gasteiger partial charge is 0.303 e. The molecule has 6 nitrogen and oxygen atoms in total. The Morgan fingerprint density at radius 3 is 2.79 bits per heavy atom. The van der Waals surface area contributed by atoms with Crippen molar-refractivity contribution in [3.05, 3.63) is 0 Å². The van der Waals surface area contributed by atoms with Crippen LogP contribution in [0.2, 0.25) is 0 Å². The Hall–Kier alpha value is -1.14. The lowest BCUT2D eigenvalue weighted by molar-refractivity contribution is -0.162. The number of amides is 1. The lowest BCUT2D eigenvalue weighted by atomic mass is 9.97. The van der Waals surface area contributed by atoms with Gasteiger partial charge in [0.25, 0.3) is 5.91 Å². The molecule has 0 aromatic heterocycles. The van der Waals surface area contributed by atoms with Gasteiger partial charge in [0.05, 0.1) is 19.8 Å². The van der Waals surface area contributed by atoms with E-state index in [9.17, 15) is 9.59 Å². The normalized spacial score (nSPS) is 28.1. The van der Waals surface area contributed by atoms with Crippen LogP contribution < -0.4 is 0 Å². The molecule has 6 heteroatoms. The number of carbonyl (C=O) groups excluding carboxylic acids is 1. The number of ether oxygens (including phenoxy) is 2. The van der Waals surface area contributed by atoms with Crippen LogP contribution in [0.4, 0.5) is 0 Å². The average Bonchev–Trinajstić information content (AvgIpc) is 2.45. The number of nitrogens with zero attached hydrogens (tertiary/aromatic N) is 1. The molecular weight excluding hydrogens is 250 g/mol.